The molecule has 3 rings (SSSR count). The molecule has 0 aliphatic heterocycles. The van der Waals surface area contributed by atoms with Gasteiger partial charge in [-0.3, -0.25) is 10.1 Å². The van der Waals surface area contributed by atoms with Gasteiger partial charge in [0.1, 0.15) is 17.4 Å². The van der Waals surface area contributed by atoms with Gasteiger partial charge in [-0.25, -0.2) is 4.98 Å². The Labute approximate surface area is 120 Å². The van der Waals surface area contributed by atoms with Crippen molar-refractivity contribution >= 4 is 5.69 Å². The zero-order chi connectivity index (χ0) is 14.8. The highest BCUT2D eigenvalue weighted by molar-refractivity contribution is 5.46. The Bertz CT molecular complexity index is 748. The molecule has 0 saturated heterocycles. The monoisotopic (exact) mass is 281 g/mol. The lowest BCUT2D eigenvalue weighted by molar-refractivity contribution is -0.384. The molecular formula is C15H11N3O3. The van der Waals surface area contributed by atoms with E-state index in [4.69, 9.17) is 4.74 Å². The van der Waals surface area contributed by atoms with Crippen LogP contribution in [0.2, 0.25) is 0 Å². The fourth-order valence-corrected chi connectivity index (χ4v) is 2.36. The molecule has 0 saturated carbocycles. The molecule has 0 fully saturated rings. The molecule has 21 heavy (non-hydrogen) atoms. The standard InChI is InChI=1S/C15H11N3O3/c16-9-11-8-10-2-1-3-14(10)17-15(11)21-13-6-4-12(5-7-13)18(19)20/h4-8H,1-3H2. The predicted molar refractivity (Wildman–Crippen MR) is 74.1 cm³/mol. The lowest BCUT2D eigenvalue weighted by atomic mass is 10.1. The van der Waals surface area contributed by atoms with Crippen molar-refractivity contribution in [2.24, 2.45) is 0 Å². The van der Waals surface area contributed by atoms with E-state index >= 15 is 0 Å². The fraction of sp³-hybridized carbons (Fsp3) is 0.200. The molecular weight excluding hydrogens is 270 g/mol. The first kappa shape index (κ1) is 13.1. The Kier molecular flexibility index (Phi) is 3.24. The van der Waals surface area contributed by atoms with Gasteiger partial charge in [-0.1, -0.05) is 0 Å². The van der Waals surface area contributed by atoms with Crippen molar-refractivity contribution in [3.05, 3.63) is 57.3 Å². The van der Waals surface area contributed by atoms with Gasteiger partial charge >= 0.3 is 0 Å². The molecule has 6 nitrogen and oxygen atoms in total. The zero-order valence-electron chi connectivity index (χ0n) is 11.1. The van der Waals surface area contributed by atoms with Crippen LogP contribution in [0.15, 0.2) is 30.3 Å². The number of aryl methyl sites for hydroxylation is 2. The fourth-order valence-electron chi connectivity index (χ4n) is 2.36. The summed E-state index contributed by atoms with van der Waals surface area (Å²) in [5.41, 5.74) is 2.44. The van der Waals surface area contributed by atoms with E-state index in [1.54, 1.807) is 0 Å². The van der Waals surface area contributed by atoms with E-state index in [0.29, 0.717) is 11.3 Å². The van der Waals surface area contributed by atoms with Gasteiger partial charge in [0.05, 0.1) is 4.92 Å². The number of pyridine rings is 1. The first-order valence-corrected chi connectivity index (χ1v) is 6.52. The Balaban J connectivity index is 1.91. The number of hydrogen-bond acceptors (Lipinski definition) is 5. The highest BCUT2D eigenvalue weighted by Gasteiger charge is 2.17. The topological polar surface area (TPSA) is 89.0 Å². The Morgan fingerprint density at radius 1 is 1.29 bits per heavy atom. The summed E-state index contributed by atoms with van der Waals surface area (Å²) < 4.78 is 5.60. The van der Waals surface area contributed by atoms with Crippen LogP contribution >= 0.6 is 0 Å². The summed E-state index contributed by atoms with van der Waals surface area (Å²) in [5.74, 6) is 0.676. The number of nitrogens with zero attached hydrogens (tertiary/aromatic N) is 3. The number of nitro benzene ring substituents is 1. The van der Waals surface area contributed by atoms with Crippen molar-refractivity contribution in [2.45, 2.75) is 19.3 Å². The largest absolute Gasteiger partial charge is 0.438 e. The van der Waals surface area contributed by atoms with E-state index in [1.807, 2.05) is 6.07 Å². The minimum Gasteiger partial charge on any atom is -0.438 e. The third-order valence-electron chi connectivity index (χ3n) is 3.40. The molecule has 0 spiro atoms. The summed E-state index contributed by atoms with van der Waals surface area (Å²) in [4.78, 5) is 14.5. The molecule has 1 aliphatic carbocycles. The number of nitro groups is 1. The maximum atomic E-state index is 10.6. The maximum Gasteiger partial charge on any atom is 0.269 e. The van der Waals surface area contributed by atoms with Gasteiger partial charge in [0.15, 0.2) is 0 Å². The number of fused-ring (bicyclic) bond motifs is 1. The molecule has 1 aliphatic rings. The number of hydrogen-bond donors (Lipinski definition) is 0. The van der Waals surface area contributed by atoms with Crippen molar-refractivity contribution in [1.82, 2.24) is 4.98 Å². The van der Waals surface area contributed by atoms with Crippen molar-refractivity contribution in [2.75, 3.05) is 0 Å². The van der Waals surface area contributed by atoms with E-state index in [-0.39, 0.29) is 11.6 Å². The summed E-state index contributed by atoms with van der Waals surface area (Å²) in [6.45, 7) is 0. The summed E-state index contributed by atoms with van der Waals surface area (Å²) in [6, 6.07) is 9.60. The molecule has 0 N–H and O–H groups in total. The number of ether oxygens (including phenoxy) is 1. The van der Waals surface area contributed by atoms with Crippen LogP contribution < -0.4 is 4.74 Å². The lowest BCUT2D eigenvalue weighted by Gasteiger charge is -2.08. The van der Waals surface area contributed by atoms with Gasteiger partial charge in [-0.15, -0.1) is 0 Å². The molecule has 1 heterocycles. The van der Waals surface area contributed by atoms with Crippen LogP contribution in [-0.2, 0) is 12.8 Å². The first-order valence-electron chi connectivity index (χ1n) is 6.52. The Morgan fingerprint density at radius 3 is 2.71 bits per heavy atom. The minimum absolute atomic E-state index is 0.00947. The summed E-state index contributed by atoms with van der Waals surface area (Å²) in [7, 11) is 0. The van der Waals surface area contributed by atoms with Gasteiger partial charge < -0.3 is 4.74 Å². The number of aromatic nitrogens is 1. The van der Waals surface area contributed by atoms with Crippen molar-refractivity contribution in [1.29, 1.82) is 5.26 Å². The zero-order valence-corrected chi connectivity index (χ0v) is 11.1. The van der Waals surface area contributed by atoms with Gasteiger partial charge in [0.25, 0.3) is 5.69 Å². The second kappa shape index (κ2) is 5.21. The molecule has 0 atom stereocenters. The first-order chi connectivity index (χ1) is 10.2. The van der Waals surface area contributed by atoms with E-state index in [1.165, 1.54) is 24.3 Å². The second-order valence-electron chi connectivity index (χ2n) is 4.77. The van der Waals surface area contributed by atoms with Crippen LogP contribution in [0.3, 0.4) is 0 Å². The predicted octanol–water partition coefficient (Wildman–Crippen LogP) is 3.14. The SMILES string of the molecule is N#Cc1cc2c(nc1Oc1ccc([N+](=O)[O-])cc1)CCC2. The van der Waals surface area contributed by atoms with E-state index in [0.717, 1.165) is 30.5 Å². The summed E-state index contributed by atoms with van der Waals surface area (Å²) >= 11 is 0. The van der Waals surface area contributed by atoms with Crippen LogP contribution in [0.5, 0.6) is 11.6 Å². The van der Waals surface area contributed by atoms with Crippen molar-refractivity contribution in [3.8, 4) is 17.7 Å². The number of rotatable bonds is 3. The van der Waals surface area contributed by atoms with E-state index < -0.39 is 4.92 Å². The Morgan fingerprint density at radius 2 is 2.05 bits per heavy atom. The molecule has 0 amide bonds. The smallest absolute Gasteiger partial charge is 0.269 e. The van der Waals surface area contributed by atoms with Gasteiger partial charge in [-0.05, 0) is 43.0 Å². The van der Waals surface area contributed by atoms with Crippen LogP contribution in [-0.4, -0.2) is 9.91 Å². The normalized spacial score (nSPS) is 12.5. The number of nitriles is 1. The molecule has 2 aromatic rings. The van der Waals surface area contributed by atoms with Crippen LogP contribution in [0, 0.1) is 21.4 Å². The number of non-ortho nitro benzene ring substituents is 1. The molecule has 0 unspecified atom stereocenters. The van der Waals surface area contributed by atoms with Crippen molar-refractivity contribution < 1.29 is 9.66 Å². The average Bonchev–Trinajstić information content (AvgIpc) is 2.94. The van der Waals surface area contributed by atoms with Gasteiger partial charge in [0.2, 0.25) is 5.88 Å². The van der Waals surface area contributed by atoms with Crippen LogP contribution in [0.25, 0.3) is 0 Å². The van der Waals surface area contributed by atoms with Gasteiger partial charge in [-0.2, -0.15) is 5.26 Å². The molecule has 0 radical (unpaired) electrons. The van der Waals surface area contributed by atoms with E-state index in [2.05, 4.69) is 11.1 Å². The van der Waals surface area contributed by atoms with Crippen molar-refractivity contribution in [3.63, 3.8) is 0 Å². The quantitative estimate of drug-likeness (QED) is 0.636. The molecule has 0 bridgehead atoms. The maximum absolute atomic E-state index is 10.6. The average molecular weight is 281 g/mol. The second-order valence-corrected chi connectivity index (χ2v) is 4.77. The minimum atomic E-state index is -0.474. The lowest BCUT2D eigenvalue weighted by Crippen LogP contribution is -1.97. The molecule has 104 valence electrons. The molecule has 6 heteroatoms. The molecule has 1 aromatic carbocycles. The van der Waals surface area contributed by atoms with Crippen LogP contribution in [0.1, 0.15) is 23.2 Å². The molecule has 1 aromatic heterocycles. The highest BCUT2D eigenvalue weighted by atomic mass is 16.6. The highest BCUT2D eigenvalue weighted by Crippen LogP contribution is 2.29. The third-order valence-corrected chi connectivity index (χ3v) is 3.40. The summed E-state index contributed by atoms with van der Waals surface area (Å²) in [5, 5.41) is 19.8. The number of benzene rings is 1. The van der Waals surface area contributed by atoms with Gasteiger partial charge in [0, 0.05) is 17.8 Å². The Hall–Kier alpha value is -2.94. The third kappa shape index (κ3) is 2.54. The summed E-state index contributed by atoms with van der Waals surface area (Å²) in [6.07, 6.45) is 2.86. The van der Waals surface area contributed by atoms with Crippen LogP contribution in [0.4, 0.5) is 5.69 Å². The van der Waals surface area contributed by atoms with E-state index in [9.17, 15) is 15.4 Å².